The number of carbonyl (C=O) groups excluding carboxylic acids is 2. The standard InChI is InChI=1S/C15H24INO4/c1-7-20-12(18)15(9-16)11(3)10(2)8-17(15)13(19)21-14(4,5)6/h7-9H2,1-6H3. The van der Waals surface area contributed by atoms with E-state index in [2.05, 4.69) is 22.6 Å². The predicted octanol–water partition coefficient (Wildman–Crippen LogP) is 3.31. The van der Waals surface area contributed by atoms with Gasteiger partial charge in [-0.2, -0.15) is 0 Å². The molecule has 1 heterocycles. The van der Waals surface area contributed by atoms with Crippen molar-refractivity contribution in [1.29, 1.82) is 0 Å². The molecule has 6 heteroatoms. The molecule has 0 saturated heterocycles. The maximum absolute atomic E-state index is 12.5. The molecular formula is C15H24INO4. The van der Waals surface area contributed by atoms with Gasteiger partial charge < -0.3 is 9.47 Å². The van der Waals surface area contributed by atoms with Gasteiger partial charge in [-0.1, -0.05) is 28.2 Å². The van der Waals surface area contributed by atoms with Crippen LogP contribution in [0.1, 0.15) is 41.5 Å². The summed E-state index contributed by atoms with van der Waals surface area (Å²) < 4.78 is 11.1. The Morgan fingerprint density at radius 2 is 1.90 bits per heavy atom. The lowest BCUT2D eigenvalue weighted by Crippen LogP contribution is -2.57. The van der Waals surface area contributed by atoms with Gasteiger partial charge in [-0.3, -0.25) is 4.90 Å². The van der Waals surface area contributed by atoms with Crippen LogP contribution in [0, 0.1) is 0 Å². The second-order valence-corrected chi connectivity index (χ2v) is 6.95. The average Bonchev–Trinajstić information content (AvgIpc) is 2.61. The maximum Gasteiger partial charge on any atom is 0.411 e. The van der Waals surface area contributed by atoms with Crippen molar-refractivity contribution >= 4 is 34.7 Å². The van der Waals surface area contributed by atoms with E-state index in [1.54, 1.807) is 6.92 Å². The second kappa shape index (κ2) is 6.54. The number of hydrogen-bond donors (Lipinski definition) is 0. The van der Waals surface area contributed by atoms with Crippen molar-refractivity contribution < 1.29 is 19.1 Å². The summed E-state index contributed by atoms with van der Waals surface area (Å²) in [5.41, 5.74) is 0.225. The van der Waals surface area contributed by atoms with E-state index in [1.807, 2.05) is 34.6 Å². The third-order valence-corrected chi connectivity index (χ3v) is 4.64. The minimum absolute atomic E-state index is 0.283. The summed E-state index contributed by atoms with van der Waals surface area (Å²) in [6.45, 7) is 11.7. The molecule has 1 aliphatic rings. The minimum atomic E-state index is -1.05. The Morgan fingerprint density at radius 3 is 2.33 bits per heavy atom. The number of hydrogen-bond acceptors (Lipinski definition) is 4. The fourth-order valence-electron chi connectivity index (χ4n) is 2.32. The van der Waals surface area contributed by atoms with Gasteiger partial charge in [0.2, 0.25) is 0 Å². The normalized spacial score (nSPS) is 22.5. The van der Waals surface area contributed by atoms with Crippen LogP contribution in [0.15, 0.2) is 11.1 Å². The number of alkyl halides is 1. The Kier molecular flexibility index (Phi) is 5.69. The molecule has 21 heavy (non-hydrogen) atoms. The van der Waals surface area contributed by atoms with Crippen LogP contribution in [0.2, 0.25) is 0 Å². The summed E-state index contributed by atoms with van der Waals surface area (Å²) in [6.07, 6.45) is -0.483. The van der Waals surface area contributed by atoms with Gasteiger partial charge in [-0.05, 0) is 47.1 Å². The largest absolute Gasteiger partial charge is 0.464 e. The summed E-state index contributed by atoms with van der Waals surface area (Å²) in [6, 6.07) is 0. The molecule has 1 unspecified atom stereocenters. The third kappa shape index (κ3) is 3.52. The maximum atomic E-state index is 12.5. The Labute approximate surface area is 140 Å². The topological polar surface area (TPSA) is 55.8 Å². The van der Waals surface area contributed by atoms with Crippen LogP contribution >= 0.6 is 22.6 Å². The Morgan fingerprint density at radius 1 is 1.33 bits per heavy atom. The molecule has 0 N–H and O–H groups in total. The Bertz CT molecular complexity index is 467. The molecule has 0 aliphatic carbocycles. The quantitative estimate of drug-likeness (QED) is 0.311. The van der Waals surface area contributed by atoms with Gasteiger partial charge in [0.1, 0.15) is 5.60 Å². The molecule has 0 fully saturated rings. The van der Waals surface area contributed by atoms with E-state index in [9.17, 15) is 9.59 Å². The number of carbonyl (C=O) groups is 2. The van der Waals surface area contributed by atoms with Crippen LogP contribution in [-0.4, -0.2) is 45.7 Å². The van der Waals surface area contributed by atoms with Crippen LogP contribution in [0.25, 0.3) is 0 Å². The first kappa shape index (κ1) is 18.3. The molecule has 1 rings (SSSR count). The highest BCUT2D eigenvalue weighted by Crippen LogP contribution is 2.38. The summed E-state index contributed by atoms with van der Waals surface area (Å²) in [5.74, 6) is -0.389. The van der Waals surface area contributed by atoms with E-state index in [4.69, 9.17) is 9.47 Å². The van der Waals surface area contributed by atoms with Gasteiger partial charge in [-0.15, -0.1) is 0 Å². The summed E-state index contributed by atoms with van der Waals surface area (Å²) in [4.78, 5) is 26.5. The molecule has 0 aromatic rings. The molecule has 0 radical (unpaired) electrons. The van der Waals surface area contributed by atoms with Crippen molar-refractivity contribution in [3.63, 3.8) is 0 Å². The zero-order valence-corrected chi connectivity index (χ0v) is 15.7. The number of halogens is 1. The molecular weight excluding hydrogens is 385 g/mol. The van der Waals surface area contributed by atoms with Crippen molar-refractivity contribution in [2.45, 2.75) is 52.7 Å². The first-order valence-electron chi connectivity index (χ1n) is 7.00. The van der Waals surface area contributed by atoms with Gasteiger partial charge in [0, 0.05) is 11.0 Å². The van der Waals surface area contributed by atoms with Crippen LogP contribution in [-0.2, 0) is 14.3 Å². The van der Waals surface area contributed by atoms with Crippen molar-refractivity contribution in [3.8, 4) is 0 Å². The number of ether oxygens (including phenoxy) is 2. The SMILES string of the molecule is CCOC(=O)C1(CI)C(C)=C(C)CN1C(=O)OC(C)(C)C. The van der Waals surface area contributed by atoms with Gasteiger partial charge in [0.05, 0.1) is 6.61 Å². The summed E-state index contributed by atoms with van der Waals surface area (Å²) >= 11 is 2.12. The molecule has 5 nitrogen and oxygen atoms in total. The highest BCUT2D eigenvalue weighted by atomic mass is 127. The fraction of sp³-hybridized carbons (Fsp3) is 0.733. The molecule has 1 aliphatic heterocycles. The highest BCUT2D eigenvalue weighted by Gasteiger charge is 2.53. The summed E-state index contributed by atoms with van der Waals surface area (Å²) in [7, 11) is 0. The number of rotatable bonds is 3. The van der Waals surface area contributed by atoms with E-state index in [1.165, 1.54) is 4.90 Å². The average molecular weight is 409 g/mol. The van der Waals surface area contributed by atoms with Crippen LogP contribution < -0.4 is 0 Å². The van der Waals surface area contributed by atoms with Gasteiger partial charge in [0.25, 0.3) is 0 Å². The first-order chi connectivity index (χ1) is 9.60. The van der Waals surface area contributed by atoms with Gasteiger partial charge in [-0.25, -0.2) is 9.59 Å². The smallest absolute Gasteiger partial charge is 0.411 e. The van der Waals surface area contributed by atoms with E-state index >= 15 is 0 Å². The van der Waals surface area contributed by atoms with Crippen molar-refractivity contribution in [2.24, 2.45) is 0 Å². The number of esters is 1. The lowest BCUT2D eigenvalue weighted by atomic mass is 9.92. The van der Waals surface area contributed by atoms with E-state index in [0.717, 1.165) is 11.1 Å². The monoisotopic (exact) mass is 409 g/mol. The van der Waals surface area contributed by atoms with Gasteiger partial charge >= 0.3 is 12.1 Å². The van der Waals surface area contributed by atoms with Crippen LogP contribution in [0.3, 0.4) is 0 Å². The summed E-state index contributed by atoms with van der Waals surface area (Å²) in [5, 5.41) is 0. The van der Waals surface area contributed by atoms with E-state index < -0.39 is 17.2 Å². The molecule has 1 amide bonds. The van der Waals surface area contributed by atoms with E-state index in [-0.39, 0.29) is 12.6 Å². The van der Waals surface area contributed by atoms with Crippen molar-refractivity contribution in [3.05, 3.63) is 11.1 Å². The first-order valence-corrected chi connectivity index (χ1v) is 8.53. The van der Waals surface area contributed by atoms with Crippen molar-refractivity contribution in [2.75, 3.05) is 17.6 Å². The minimum Gasteiger partial charge on any atom is -0.464 e. The van der Waals surface area contributed by atoms with Crippen LogP contribution in [0.5, 0.6) is 0 Å². The molecule has 0 aromatic heterocycles. The third-order valence-electron chi connectivity index (χ3n) is 3.54. The lowest BCUT2D eigenvalue weighted by Gasteiger charge is -2.37. The molecule has 1 atom stereocenters. The van der Waals surface area contributed by atoms with Crippen LogP contribution in [0.4, 0.5) is 4.79 Å². The fourth-order valence-corrected chi connectivity index (χ4v) is 3.62. The molecule has 120 valence electrons. The zero-order valence-electron chi connectivity index (χ0n) is 13.6. The molecule has 0 spiro atoms. The Hall–Kier alpha value is -0.790. The zero-order chi connectivity index (χ0) is 16.4. The lowest BCUT2D eigenvalue weighted by molar-refractivity contribution is -0.152. The van der Waals surface area contributed by atoms with Crippen molar-refractivity contribution in [1.82, 2.24) is 4.90 Å². The highest BCUT2D eigenvalue weighted by molar-refractivity contribution is 14.1. The molecule has 0 bridgehead atoms. The number of nitrogens with zero attached hydrogens (tertiary/aromatic N) is 1. The predicted molar refractivity (Wildman–Crippen MR) is 89.6 cm³/mol. The number of amides is 1. The van der Waals surface area contributed by atoms with Gasteiger partial charge in [0.15, 0.2) is 5.54 Å². The van der Waals surface area contributed by atoms with E-state index in [0.29, 0.717) is 11.0 Å². The molecule has 0 saturated carbocycles. The molecule has 0 aromatic carbocycles. The second-order valence-electron chi connectivity index (χ2n) is 6.19. The Balaban J connectivity index is 3.20.